The van der Waals surface area contributed by atoms with Gasteiger partial charge in [-0.25, -0.2) is 18.3 Å². The average molecular weight is 472 g/mol. The zero-order valence-electron chi connectivity index (χ0n) is 19.2. The second-order valence-electron chi connectivity index (χ2n) is 8.73. The number of halogens is 2. The lowest BCUT2D eigenvalue weighted by Crippen LogP contribution is -1.98. The topological polar surface area (TPSA) is 69.3 Å². The molecule has 1 aliphatic carbocycles. The molecule has 3 aromatic heterocycles. The molecule has 0 unspecified atom stereocenters. The molecule has 176 valence electrons. The van der Waals surface area contributed by atoms with Gasteiger partial charge in [-0.3, -0.25) is 0 Å². The molecular formula is C26H22F2N6O. The number of fused-ring (bicyclic) bond motifs is 1. The summed E-state index contributed by atoms with van der Waals surface area (Å²) in [6.07, 6.45) is 7.82. The maximum atomic E-state index is 14.0. The normalized spacial score (nSPS) is 13.4. The first kappa shape index (κ1) is 21.3. The minimum absolute atomic E-state index is 0.384. The van der Waals surface area contributed by atoms with Crippen LogP contribution in [0.2, 0.25) is 0 Å². The van der Waals surface area contributed by atoms with E-state index in [0.29, 0.717) is 34.4 Å². The lowest BCUT2D eigenvalue weighted by Gasteiger charge is -2.11. The van der Waals surface area contributed by atoms with Gasteiger partial charge in [-0.15, -0.1) is 5.10 Å². The SMILES string of the molecule is COc1cc(Nc2nc3c(-c4ccc(F)c(F)c4)cc(C4CC4)cn3n2)ccc1-n1cnc(C)c1. The second-order valence-corrected chi connectivity index (χ2v) is 8.73. The van der Waals surface area contributed by atoms with Crippen molar-refractivity contribution in [3.05, 3.63) is 84.1 Å². The Morgan fingerprint density at radius 2 is 1.89 bits per heavy atom. The van der Waals surface area contributed by atoms with Crippen molar-refractivity contribution in [1.29, 1.82) is 0 Å². The number of nitrogens with one attached hydrogen (secondary N) is 1. The van der Waals surface area contributed by atoms with E-state index in [1.165, 1.54) is 6.07 Å². The van der Waals surface area contributed by atoms with Crippen LogP contribution in [0.1, 0.15) is 30.0 Å². The summed E-state index contributed by atoms with van der Waals surface area (Å²) in [5.74, 6) is -0.275. The molecule has 1 N–H and O–H groups in total. The first-order valence-electron chi connectivity index (χ1n) is 11.3. The van der Waals surface area contributed by atoms with Gasteiger partial charge in [0.05, 0.1) is 24.8 Å². The van der Waals surface area contributed by atoms with Gasteiger partial charge in [0.1, 0.15) is 5.75 Å². The lowest BCUT2D eigenvalue weighted by atomic mass is 10.0. The number of imidazole rings is 1. The number of aryl methyl sites for hydroxylation is 1. The molecule has 6 rings (SSSR count). The van der Waals surface area contributed by atoms with Crippen molar-refractivity contribution in [2.45, 2.75) is 25.7 Å². The monoisotopic (exact) mass is 472 g/mol. The highest BCUT2D eigenvalue weighted by Gasteiger charge is 2.26. The molecule has 0 atom stereocenters. The van der Waals surface area contributed by atoms with Crippen LogP contribution in [-0.4, -0.2) is 31.3 Å². The molecule has 0 aliphatic heterocycles. The van der Waals surface area contributed by atoms with Crippen molar-refractivity contribution >= 4 is 17.3 Å². The van der Waals surface area contributed by atoms with Crippen molar-refractivity contribution in [2.75, 3.05) is 12.4 Å². The number of benzene rings is 2. The summed E-state index contributed by atoms with van der Waals surface area (Å²) in [5.41, 5.74) is 5.43. The Labute approximate surface area is 200 Å². The van der Waals surface area contributed by atoms with E-state index in [-0.39, 0.29) is 0 Å². The smallest absolute Gasteiger partial charge is 0.247 e. The Kier molecular flexibility index (Phi) is 4.98. The number of pyridine rings is 1. The van der Waals surface area contributed by atoms with E-state index in [4.69, 9.17) is 4.74 Å². The Morgan fingerprint density at radius 3 is 2.60 bits per heavy atom. The van der Waals surface area contributed by atoms with Gasteiger partial charge in [-0.05, 0) is 67.1 Å². The van der Waals surface area contributed by atoms with Crippen LogP contribution >= 0.6 is 0 Å². The molecule has 5 aromatic rings. The largest absolute Gasteiger partial charge is 0.494 e. The Hall–Kier alpha value is -4.27. The number of hydrogen-bond donors (Lipinski definition) is 1. The summed E-state index contributed by atoms with van der Waals surface area (Å²) in [5, 5.41) is 7.85. The van der Waals surface area contributed by atoms with Crippen LogP contribution in [0.3, 0.4) is 0 Å². The predicted molar refractivity (Wildman–Crippen MR) is 128 cm³/mol. The second kappa shape index (κ2) is 8.19. The standard InChI is InChI=1S/C26H22F2N6O/c1-15-12-33(14-29-15)23-8-6-19(11-24(23)35-2)30-26-31-25-20(17-5-7-21(27)22(28)10-17)9-18(16-3-4-16)13-34(25)32-26/h5-14,16H,3-4H2,1-2H3,(H,30,32). The van der Waals surface area contributed by atoms with Gasteiger partial charge in [-0.2, -0.15) is 4.98 Å². The maximum absolute atomic E-state index is 14.0. The number of methoxy groups -OCH3 is 1. The van der Waals surface area contributed by atoms with Crippen molar-refractivity contribution in [1.82, 2.24) is 24.1 Å². The highest BCUT2D eigenvalue weighted by Crippen LogP contribution is 2.42. The number of aromatic nitrogens is 5. The number of nitrogens with zero attached hydrogens (tertiary/aromatic N) is 5. The third kappa shape index (κ3) is 3.99. The van der Waals surface area contributed by atoms with Crippen molar-refractivity contribution in [2.24, 2.45) is 0 Å². The molecule has 1 saturated carbocycles. The van der Waals surface area contributed by atoms with Crippen molar-refractivity contribution in [3.8, 4) is 22.6 Å². The van der Waals surface area contributed by atoms with Crippen LogP contribution in [-0.2, 0) is 0 Å². The van der Waals surface area contributed by atoms with E-state index in [0.717, 1.165) is 41.5 Å². The highest BCUT2D eigenvalue weighted by molar-refractivity contribution is 5.79. The summed E-state index contributed by atoms with van der Waals surface area (Å²) in [6, 6.07) is 11.6. The minimum Gasteiger partial charge on any atom is -0.494 e. The van der Waals surface area contributed by atoms with Gasteiger partial charge in [-0.1, -0.05) is 6.07 Å². The van der Waals surface area contributed by atoms with Gasteiger partial charge in [0.2, 0.25) is 5.95 Å². The molecule has 0 bridgehead atoms. The predicted octanol–water partition coefficient (Wildman–Crippen LogP) is 5.80. The fourth-order valence-corrected chi connectivity index (χ4v) is 4.23. The average Bonchev–Trinajstić information content (AvgIpc) is 3.49. The molecule has 3 heterocycles. The summed E-state index contributed by atoms with van der Waals surface area (Å²) in [4.78, 5) is 8.94. The lowest BCUT2D eigenvalue weighted by molar-refractivity contribution is 0.413. The fourth-order valence-electron chi connectivity index (χ4n) is 4.23. The Bertz CT molecular complexity index is 1570. The number of ether oxygens (including phenoxy) is 1. The molecule has 1 fully saturated rings. The zero-order chi connectivity index (χ0) is 24.1. The number of rotatable bonds is 6. The van der Waals surface area contributed by atoms with Gasteiger partial charge < -0.3 is 14.6 Å². The third-order valence-corrected chi connectivity index (χ3v) is 6.16. The van der Waals surface area contributed by atoms with E-state index in [9.17, 15) is 8.78 Å². The van der Waals surface area contributed by atoms with E-state index < -0.39 is 11.6 Å². The van der Waals surface area contributed by atoms with Crippen LogP contribution in [0, 0.1) is 18.6 Å². The maximum Gasteiger partial charge on any atom is 0.247 e. The van der Waals surface area contributed by atoms with Crippen LogP contribution in [0.25, 0.3) is 22.5 Å². The zero-order valence-corrected chi connectivity index (χ0v) is 19.2. The van der Waals surface area contributed by atoms with E-state index in [2.05, 4.69) is 20.4 Å². The molecule has 1 aliphatic rings. The van der Waals surface area contributed by atoms with Crippen LogP contribution in [0.15, 0.2) is 61.2 Å². The fraction of sp³-hybridized carbons (Fsp3) is 0.192. The van der Waals surface area contributed by atoms with Gasteiger partial charge in [0.15, 0.2) is 17.3 Å². The van der Waals surface area contributed by atoms with Crippen LogP contribution < -0.4 is 10.1 Å². The third-order valence-electron chi connectivity index (χ3n) is 6.16. The molecule has 9 heteroatoms. The molecule has 7 nitrogen and oxygen atoms in total. The summed E-state index contributed by atoms with van der Waals surface area (Å²) < 4.78 is 36.8. The van der Waals surface area contributed by atoms with Crippen molar-refractivity contribution < 1.29 is 13.5 Å². The molecular weight excluding hydrogens is 450 g/mol. The van der Waals surface area contributed by atoms with E-state index in [1.54, 1.807) is 24.0 Å². The van der Waals surface area contributed by atoms with E-state index >= 15 is 0 Å². The first-order chi connectivity index (χ1) is 17.0. The molecule has 0 amide bonds. The molecule has 0 spiro atoms. The quantitative estimate of drug-likeness (QED) is 0.338. The van der Waals surface area contributed by atoms with Crippen LogP contribution in [0.5, 0.6) is 5.75 Å². The summed E-state index contributed by atoms with van der Waals surface area (Å²) >= 11 is 0. The summed E-state index contributed by atoms with van der Waals surface area (Å²) in [6.45, 7) is 1.93. The van der Waals surface area contributed by atoms with Gasteiger partial charge >= 0.3 is 0 Å². The molecule has 0 radical (unpaired) electrons. The minimum atomic E-state index is -0.893. The number of anilines is 2. The Morgan fingerprint density at radius 1 is 1.03 bits per heavy atom. The Balaban J connectivity index is 1.39. The van der Waals surface area contributed by atoms with Crippen molar-refractivity contribution in [3.63, 3.8) is 0 Å². The highest BCUT2D eigenvalue weighted by atomic mass is 19.2. The first-order valence-corrected chi connectivity index (χ1v) is 11.3. The van der Waals surface area contributed by atoms with Crippen LogP contribution in [0.4, 0.5) is 20.4 Å². The van der Waals surface area contributed by atoms with Gasteiger partial charge in [0, 0.05) is 29.7 Å². The molecule has 0 saturated heterocycles. The number of hydrogen-bond acceptors (Lipinski definition) is 5. The molecule has 2 aromatic carbocycles. The van der Waals surface area contributed by atoms with E-state index in [1.807, 2.05) is 48.1 Å². The molecule has 35 heavy (non-hydrogen) atoms. The van der Waals surface area contributed by atoms with Gasteiger partial charge in [0.25, 0.3) is 0 Å². The summed E-state index contributed by atoms with van der Waals surface area (Å²) in [7, 11) is 1.61.